The Hall–Kier alpha value is -2.60. The van der Waals surface area contributed by atoms with Crippen LogP contribution in [0.4, 0.5) is 5.69 Å². The molecule has 0 radical (unpaired) electrons. The van der Waals surface area contributed by atoms with Gasteiger partial charge in [-0.05, 0) is 36.2 Å². The second kappa shape index (κ2) is 7.25. The maximum atomic E-state index is 12.7. The molecule has 3 heteroatoms. The molecule has 0 N–H and O–H groups in total. The number of hydrogen-bond donors (Lipinski definition) is 0. The first-order chi connectivity index (χ1) is 10.3. The zero-order valence-electron chi connectivity index (χ0n) is 12.1. The van der Waals surface area contributed by atoms with Crippen LogP contribution in [0.3, 0.4) is 0 Å². The predicted octanol–water partition coefficient (Wildman–Crippen LogP) is 3.81. The van der Waals surface area contributed by atoms with E-state index in [9.17, 15) is 4.79 Å². The van der Waals surface area contributed by atoms with Crippen LogP contribution in [0.5, 0.6) is 0 Å². The molecule has 0 aliphatic heterocycles. The fraction of sp³-hybridized carbons (Fsp3) is 0.222. The smallest absolute Gasteiger partial charge is 0.258 e. The lowest BCUT2D eigenvalue weighted by Crippen LogP contribution is -2.31. The van der Waals surface area contributed by atoms with Crippen LogP contribution < -0.4 is 4.90 Å². The number of nitriles is 1. The first-order valence-corrected chi connectivity index (χ1v) is 7.09. The van der Waals surface area contributed by atoms with Gasteiger partial charge in [-0.25, -0.2) is 0 Å². The van der Waals surface area contributed by atoms with E-state index >= 15 is 0 Å². The van der Waals surface area contributed by atoms with Crippen LogP contribution in [-0.2, 0) is 6.42 Å². The van der Waals surface area contributed by atoms with Crippen molar-refractivity contribution in [3.05, 3.63) is 65.7 Å². The van der Waals surface area contributed by atoms with Crippen molar-refractivity contribution in [3.8, 4) is 6.07 Å². The molecule has 0 saturated carbocycles. The van der Waals surface area contributed by atoms with Crippen molar-refractivity contribution in [2.75, 3.05) is 11.4 Å². The lowest BCUT2D eigenvalue weighted by molar-refractivity contribution is 0.0987. The predicted molar refractivity (Wildman–Crippen MR) is 84.2 cm³/mol. The van der Waals surface area contributed by atoms with Gasteiger partial charge in [0.25, 0.3) is 5.91 Å². The van der Waals surface area contributed by atoms with Gasteiger partial charge in [0.15, 0.2) is 0 Å². The van der Waals surface area contributed by atoms with Crippen LogP contribution in [0.15, 0.2) is 54.6 Å². The molecule has 2 aromatic rings. The molecule has 0 saturated heterocycles. The molecule has 1 amide bonds. The maximum Gasteiger partial charge on any atom is 0.258 e. The Labute approximate surface area is 125 Å². The molecule has 0 atom stereocenters. The molecule has 3 nitrogen and oxygen atoms in total. The zero-order valence-corrected chi connectivity index (χ0v) is 12.1. The first kappa shape index (κ1) is 14.8. The van der Waals surface area contributed by atoms with Gasteiger partial charge in [-0.1, -0.05) is 37.3 Å². The van der Waals surface area contributed by atoms with Crippen LogP contribution in [-0.4, -0.2) is 12.5 Å². The van der Waals surface area contributed by atoms with Gasteiger partial charge in [-0.2, -0.15) is 5.26 Å². The standard InChI is InChI=1S/C18H18N2O/c1-2-15-9-11-16(12-10-15)18(21)20(14-6-13-19)17-7-4-3-5-8-17/h3-5,7-12H,2,6,14H2,1H3. The minimum Gasteiger partial charge on any atom is -0.307 e. The van der Waals surface area contributed by atoms with Gasteiger partial charge in [0.05, 0.1) is 12.5 Å². The average Bonchev–Trinajstić information content (AvgIpc) is 2.56. The highest BCUT2D eigenvalue weighted by Gasteiger charge is 2.17. The summed E-state index contributed by atoms with van der Waals surface area (Å²) in [6, 6.07) is 19.2. The topological polar surface area (TPSA) is 44.1 Å². The van der Waals surface area contributed by atoms with Crippen molar-refractivity contribution in [1.29, 1.82) is 5.26 Å². The van der Waals surface area contributed by atoms with Gasteiger partial charge < -0.3 is 4.90 Å². The van der Waals surface area contributed by atoms with Crippen molar-refractivity contribution in [1.82, 2.24) is 0 Å². The average molecular weight is 278 g/mol. The van der Waals surface area contributed by atoms with E-state index in [1.165, 1.54) is 5.56 Å². The number of anilines is 1. The summed E-state index contributed by atoms with van der Waals surface area (Å²) >= 11 is 0. The molecule has 0 spiro atoms. The molecule has 0 heterocycles. The number of rotatable bonds is 5. The molecule has 0 fully saturated rings. The summed E-state index contributed by atoms with van der Waals surface area (Å²) in [6.45, 7) is 2.48. The van der Waals surface area contributed by atoms with Gasteiger partial charge in [0.1, 0.15) is 0 Å². The van der Waals surface area contributed by atoms with Crippen LogP contribution in [0, 0.1) is 11.3 Å². The van der Waals surface area contributed by atoms with Crippen LogP contribution in [0.1, 0.15) is 29.3 Å². The van der Waals surface area contributed by atoms with E-state index < -0.39 is 0 Å². The Bertz CT molecular complexity index is 627. The lowest BCUT2D eigenvalue weighted by atomic mass is 10.1. The number of para-hydroxylation sites is 1. The highest BCUT2D eigenvalue weighted by molar-refractivity contribution is 6.06. The van der Waals surface area contributed by atoms with Gasteiger partial charge in [-0.15, -0.1) is 0 Å². The van der Waals surface area contributed by atoms with Crippen LogP contribution in [0.2, 0.25) is 0 Å². The summed E-state index contributed by atoms with van der Waals surface area (Å²) in [4.78, 5) is 14.3. The highest BCUT2D eigenvalue weighted by atomic mass is 16.2. The Morgan fingerprint density at radius 2 is 1.76 bits per heavy atom. The Morgan fingerprint density at radius 3 is 2.33 bits per heavy atom. The zero-order chi connectivity index (χ0) is 15.1. The van der Waals surface area contributed by atoms with Crippen molar-refractivity contribution in [2.24, 2.45) is 0 Å². The summed E-state index contributed by atoms with van der Waals surface area (Å²) in [5.74, 6) is -0.0703. The van der Waals surface area contributed by atoms with Crippen LogP contribution >= 0.6 is 0 Å². The lowest BCUT2D eigenvalue weighted by Gasteiger charge is -2.22. The molecule has 0 unspecified atom stereocenters. The summed E-state index contributed by atoms with van der Waals surface area (Å²) in [7, 11) is 0. The molecule has 2 rings (SSSR count). The molecule has 0 aliphatic rings. The number of hydrogen-bond acceptors (Lipinski definition) is 2. The second-order valence-corrected chi connectivity index (χ2v) is 4.75. The van der Waals surface area contributed by atoms with E-state index in [1.54, 1.807) is 4.90 Å². The Morgan fingerprint density at radius 1 is 1.10 bits per heavy atom. The van der Waals surface area contributed by atoms with E-state index in [0.29, 0.717) is 18.5 Å². The van der Waals surface area contributed by atoms with E-state index in [1.807, 2.05) is 54.6 Å². The molecule has 2 aromatic carbocycles. The third-order valence-electron chi connectivity index (χ3n) is 3.37. The fourth-order valence-electron chi connectivity index (χ4n) is 2.16. The van der Waals surface area contributed by atoms with Gasteiger partial charge in [0, 0.05) is 17.8 Å². The van der Waals surface area contributed by atoms with Crippen molar-refractivity contribution < 1.29 is 4.79 Å². The molecule has 106 valence electrons. The number of aryl methyl sites for hydroxylation is 1. The van der Waals surface area contributed by atoms with Gasteiger partial charge in [0.2, 0.25) is 0 Å². The Kier molecular flexibility index (Phi) is 5.11. The Balaban J connectivity index is 2.27. The number of carbonyl (C=O) groups is 1. The summed E-state index contributed by atoms with van der Waals surface area (Å²) in [5, 5.41) is 8.79. The maximum absolute atomic E-state index is 12.7. The van der Waals surface area contributed by atoms with E-state index in [0.717, 1.165) is 12.1 Å². The van der Waals surface area contributed by atoms with E-state index in [-0.39, 0.29) is 5.91 Å². The molecule has 0 aromatic heterocycles. The third kappa shape index (κ3) is 3.70. The molecular weight excluding hydrogens is 260 g/mol. The monoisotopic (exact) mass is 278 g/mol. The summed E-state index contributed by atoms with van der Waals surface area (Å²) in [6.07, 6.45) is 1.26. The minimum atomic E-state index is -0.0703. The van der Waals surface area contributed by atoms with E-state index in [4.69, 9.17) is 5.26 Å². The molecule has 21 heavy (non-hydrogen) atoms. The SMILES string of the molecule is CCc1ccc(C(=O)N(CCC#N)c2ccccc2)cc1. The number of amides is 1. The number of benzene rings is 2. The largest absolute Gasteiger partial charge is 0.307 e. The van der Waals surface area contributed by atoms with Crippen LogP contribution in [0.25, 0.3) is 0 Å². The number of carbonyl (C=O) groups excluding carboxylic acids is 1. The quantitative estimate of drug-likeness (QED) is 0.834. The van der Waals surface area contributed by atoms with Crippen molar-refractivity contribution in [2.45, 2.75) is 19.8 Å². The third-order valence-corrected chi connectivity index (χ3v) is 3.37. The molecule has 0 aliphatic carbocycles. The van der Waals surface area contributed by atoms with E-state index in [2.05, 4.69) is 13.0 Å². The highest BCUT2D eigenvalue weighted by Crippen LogP contribution is 2.17. The van der Waals surface area contributed by atoms with Crippen molar-refractivity contribution >= 4 is 11.6 Å². The van der Waals surface area contributed by atoms with Crippen molar-refractivity contribution in [3.63, 3.8) is 0 Å². The number of nitrogens with zero attached hydrogens (tertiary/aromatic N) is 2. The first-order valence-electron chi connectivity index (χ1n) is 7.09. The van der Waals surface area contributed by atoms with Gasteiger partial charge in [-0.3, -0.25) is 4.79 Å². The molecule has 0 bridgehead atoms. The minimum absolute atomic E-state index is 0.0703. The molecular formula is C18H18N2O. The summed E-state index contributed by atoms with van der Waals surface area (Å²) < 4.78 is 0. The normalized spacial score (nSPS) is 9.90. The fourth-order valence-corrected chi connectivity index (χ4v) is 2.16. The second-order valence-electron chi connectivity index (χ2n) is 4.75. The summed E-state index contributed by atoms with van der Waals surface area (Å²) in [5.41, 5.74) is 2.67. The van der Waals surface area contributed by atoms with Gasteiger partial charge >= 0.3 is 0 Å².